The summed E-state index contributed by atoms with van der Waals surface area (Å²) in [6, 6.07) is -1.79. The molecule has 2 unspecified atom stereocenters. The Morgan fingerprint density at radius 2 is 1.47 bits per heavy atom. The smallest absolute Gasteiger partial charge is 0.328 e. The van der Waals surface area contributed by atoms with Crippen LogP contribution in [-0.4, -0.2) is 126 Å². The molecule has 0 aromatic rings. The first-order valence-electron chi connectivity index (χ1n) is 12.9. The zero-order valence-electron chi connectivity index (χ0n) is 22.1. The molecule has 2 heterocycles. The van der Waals surface area contributed by atoms with Gasteiger partial charge in [-0.05, 0) is 33.6 Å². The zero-order valence-corrected chi connectivity index (χ0v) is 22.1. The Morgan fingerprint density at radius 3 is 2.05 bits per heavy atom. The van der Waals surface area contributed by atoms with Crippen LogP contribution in [0.5, 0.6) is 0 Å². The Bertz CT molecular complexity index is 770. The molecule has 0 aromatic heterocycles. The Hall–Kier alpha value is -2.36. The van der Waals surface area contributed by atoms with Crippen molar-refractivity contribution in [3.63, 3.8) is 0 Å². The Morgan fingerprint density at radius 1 is 0.868 bits per heavy atom. The predicted molar refractivity (Wildman–Crippen MR) is 128 cm³/mol. The summed E-state index contributed by atoms with van der Waals surface area (Å²) in [5.74, 6) is -2.10. The lowest BCUT2D eigenvalue weighted by Gasteiger charge is -2.38. The van der Waals surface area contributed by atoms with Gasteiger partial charge in [-0.15, -0.1) is 0 Å². The summed E-state index contributed by atoms with van der Waals surface area (Å²) in [5, 5.41) is 32.0. The molecule has 0 aromatic carbocycles. The van der Waals surface area contributed by atoms with Gasteiger partial charge in [0.1, 0.15) is 30.4 Å². The van der Waals surface area contributed by atoms with Crippen LogP contribution in [0.4, 0.5) is 0 Å². The quantitative estimate of drug-likeness (QED) is 0.141. The zero-order chi connectivity index (χ0) is 28.2. The number of nitrogens with zero attached hydrogens (tertiary/aromatic N) is 1. The summed E-state index contributed by atoms with van der Waals surface area (Å²) < 4.78 is 26.1. The van der Waals surface area contributed by atoms with Crippen molar-refractivity contribution in [2.24, 2.45) is 0 Å². The molecule has 0 radical (unpaired) electrons. The molecule has 2 amide bonds. The molecule has 14 heteroatoms. The van der Waals surface area contributed by atoms with Crippen molar-refractivity contribution in [3.05, 3.63) is 0 Å². The first-order valence-corrected chi connectivity index (χ1v) is 12.9. The topological polar surface area (TPSA) is 190 Å². The summed E-state index contributed by atoms with van der Waals surface area (Å²) in [7, 11) is 0. The van der Waals surface area contributed by atoms with Crippen LogP contribution in [0.1, 0.15) is 46.5 Å². The number of esters is 2. The Labute approximate surface area is 221 Å². The van der Waals surface area contributed by atoms with Crippen molar-refractivity contribution in [1.29, 1.82) is 0 Å². The fraction of sp³-hybridized carbons (Fsp3) is 0.833. The summed E-state index contributed by atoms with van der Waals surface area (Å²) in [6.45, 7) is 5.60. The molecule has 0 spiro atoms. The van der Waals surface area contributed by atoms with Crippen LogP contribution in [0.25, 0.3) is 0 Å². The van der Waals surface area contributed by atoms with E-state index in [1.165, 1.54) is 4.90 Å². The molecule has 2 rings (SSSR count). The molecule has 2 aliphatic rings. The van der Waals surface area contributed by atoms with E-state index in [4.69, 9.17) is 23.7 Å². The van der Waals surface area contributed by atoms with Crippen LogP contribution in [-0.2, 0) is 42.9 Å². The summed E-state index contributed by atoms with van der Waals surface area (Å²) in [6.07, 6.45) is -5.61. The molecule has 0 bridgehead atoms. The molecule has 4 N–H and O–H groups in total. The van der Waals surface area contributed by atoms with Crippen LogP contribution in [0.3, 0.4) is 0 Å². The van der Waals surface area contributed by atoms with Gasteiger partial charge in [0, 0.05) is 19.4 Å². The lowest BCUT2D eigenvalue weighted by Crippen LogP contribution is -2.57. The fourth-order valence-corrected chi connectivity index (χ4v) is 4.28. The van der Waals surface area contributed by atoms with Crippen LogP contribution in [0.2, 0.25) is 0 Å². The number of aliphatic hydroxyl groups excluding tert-OH is 3. The van der Waals surface area contributed by atoms with E-state index in [0.29, 0.717) is 0 Å². The lowest BCUT2D eigenvalue weighted by molar-refractivity contribution is -0.294. The van der Waals surface area contributed by atoms with Crippen LogP contribution in [0.15, 0.2) is 0 Å². The van der Waals surface area contributed by atoms with E-state index in [0.717, 1.165) is 0 Å². The number of carbonyl (C=O) groups excluding carboxylic acids is 4. The standard InChI is InChI=1S/C24H40N2O12/c1-4-35-22(32)15-6-7-16(23(33)36-5-2)26(15)18(28)9-8-17(27)25-10-11-34-12-13-37-24-21(31)20(30)19(29)14(3)38-24/h14-16,19-21,24,29-31H,4-13H2,1-3H3,(H,25,27)/t14-,15?,16?,19-,20+,21+,24+/m0/s1. The Kier molecular flexibility index (Phi) is 13.3. The minimum atomic E-state index is -1.40. The second-order valence-corrected chi connectivity index (χ2v) is 8.93. The molecule has 2 saturated heterocycles. The summed E-state index contributed by atoms with van der Waals surface area (Å²) >= 11 is 0. The van der Waals surface area contributed by atoms with E-state index in [-0.39, 0.29) is 65.3 Å². The van der Waals surface area contributed by atoms with Crippen molar-refractivity contribution in [2.45, 2.75) is 89.2 Å². The van der Waals surface area contributed by atoms with Gasteiger partial charge in [-0.2, -0.15) is 0 Å². The molecular weight excluding hydrogens is 508 g/mol. The first-order chi connectivity index (χ1) is 18.1. The number of aliphatic hydroxyl groups is 3. The molecule has 0 aliphatic carbocycles. The number of nitrogens with one attached hydrogen (secondary N) is 1. The second-order valence-electron chi connectivity index (χ2n) is 8.93. The highest BCUT2D eigenvalue weighted by atomic mass is 16.7. The highest BCUT2D eigenvalue weighted by Crippen LogP contribution is 2.27. The van der Waals surface area contributed by atoms with Crippen molar-refractivity contribution in [3.8, 4) is 0 Å². The fourth-order valence-electron chi connectivity index (χ4n) is 4.28. The number of carbonyl (C=O) groups is 4. The van der Waals surface area contributed by atoms with Gasteiger partial charge in [-0.25, -0.2) is 9.59 Å². The van der Waals surface area contributed by atoms with Gasteiger partial charge < -0.3 is 49.2 Å². The van der Waals surface area contributed by atoms with E-state index >= 15 is 0 Å². The number of hydrogen-bond donors (Lipinski definition) is 4. The molecule has 7 atom stereocenters. The minimum Gasteiger partial charge on any atom is -0.464 e. The number of likely N-dealkylation sites (tertiary alicyclic amines) is 1. The minimum absolute atomic E-state index is 0.0405. The van der Waals surface area contributed by atoms with E-state index in [9.17, 15) is 34.5 Å². The highest BCUT2D eigenvalue weighted by Gasteiger charge is 2.45. The average molecular weight is 549 g/mol. The maximum absolute atomic E-state index is 12.9. The van der Waals surface area contributed by atoms with Crippen molar-refractivity contribution in [2.75, 3.05) is 39.6 Å². The van der Waals surface area contributed by atoms with E-state index in [2.05, 4.69) is 5.32 Å². The van der Waals surface area contributed by atoms with E-state index in [1.54, 1.807) is 20.8 Å². The van der Waals surface area contributed by atoms with Gasteiger partial charge in [-0.3, -0.25) is 9.59 Å². The molecule has 218 valence electrons. The summed E-state index contributed by atoms with van der Waals surface area (Å²) in [5.41, 5.74) is 0. The maximum Gasteiger partial charge on any atom is 0.328 e. The highest BCUT2D eigenvalue weighted by molar-refractivity contribution is 5.92. The third kappa shape index (κ3) is 8.85. The normalized spacial score (nSPS) is 29.1. The molecule has 2 fully saturated rings. The molecule has 14 nitrogen and oxygen atoms in total. The van der Waals surface area contributed by atoms with Crippen molar-refractivity contribution in [1.82, 2.24) is 10.2 Å². The number of ether oxygens (including phenoxy) is 5. The van der Waals surface area contributed by atoms with Crippen LogP contribution in [0, 0.1) is 0 Å². The van der Waals surface area contributed by atoms with Gasteiger partial charge in [0.05, 0.1) is 39.1 Å². The third-order valence-corrected chi connectivity index (χ3v) is 6.24. The van der Waals surface area contributed by atoms with Gasteiger partial charge in [0.15, 0.2) is 6.29 Å². The molecular formula is C24H40N2O12. The van der Waals surface area contributed by atoms with Gasteiger partial charge in [0.25, 0.3) is 0 Å². The maximum atomic E-state index is 12.9. The number of amides is 2. The van der Waals surface area contributed by atoms with Gasteiger partial charge in [0.2, 0.25) is 11.8 Å². The van der Waals surface area contributed by atoms with Crippen molar-refractivity contribution >= 4 is 23.8 Å². The number of hydrogen-bond acceptors (Lipinski definition) is 12. The summed E-state index contributed by atoms with van der Waals surface area (Å²) in [4.78, 5) is 50.9. The SMILES string of the molecule is CCOC(=O)C1CCC(C(=O)OCC)N1C(=O)CCC(=O)NCCOCCO[C@@H]1O[C@@H](C)[C@H](O)[C@@H](O)[C@H]1O. The number of rotatable bonds is 14. The predicted octanol–water partition coefficient (Wildman–Crippen LogP) is -1.77. The molecule has 2 aliphatic heterocycles. The monoisotopic (exact) mass is 548 g/mol. The Balaban J connectivity index is 1.68. The first kappa shape index (κ1) is 31.9. The largest absolute Gasteiger partial charge is 0.464 e. The molecule has 38 heavy (non-hydrogen) atoms. The third-order valence-electron chi connectivity index (χ3n) is 6.24. The lowest BCUT2D eigenvalue weighted by atomic mass is 10.0. The molecule has 0 saturated carbocycles. The van der Waals surface area contributed by atoms with Crippen LogP contribution >= 0.6 is 0 Å². The van der Waals surface area contributed by atoms with Crippen molar-refractivity contribution < 1.29 is 58.2 Å². The van der Waals surface area contributed by atoms with Crippen LogP contribution < -0.4 is 5.32 Å². The average Bonchev–Trinajstić information content (AvgIpc) is 3.34. The van der Waals surface area contributed by atoms with Gasteiger partial charge in [-0.1, -0.05) is 0 Å². The van der Waals surface area contributed by atoms with E-state index in [1.807, 2.05) is 0 Å². The second kappa shape index (κ2) is 15.9. The van der Waals surface area contributed by atoms with E-state index < -0.39 is 66.5 Å². The van der Waals surface area contributed by atoms with Gasteiger partial charge >= 0.3 is 11.9 Å².